The third-order valence-electron chi connectivity index (χ3n) is 2.92. The van der Waals surface area contributed by atoms with Crippen LogP contribution in [0.2, 0.25) is 5.02 Å². The van der Waals surface area contributed by atoms with Gasteiger partial charge in [-0.25, -0.2) is 0 Å². The Kier molecular flexibility index (Phi) is 4.84. The number of carbonyl (C=O) groups excluding carboxylic acids is 1. The maximum absolute atomic E-state index is 12.1. The number of hydrogen-bond acceptors (Lipinski definition) is 1. The Labute approximate surface area is 112 Å². The molecule has 1 aromatic carbocycles. The molecule has 4 heteroatoms. The highest BCUT2D eigenvalue weighted by atomic mass is 35.5. The number of aryl methyl sites for hydroxylation is 1. The number of benzene rings is 1. The van der Waals surface area contributed by atoms with E-state index in [0.717, 1.165) is 12.0 Å². The summed E-state index contributed by atoms with van der Waals surface area (Å²) in [5.74, 6) is 0.283. The van der Waals surface area contributed by atoms with Gasteiger partial charge >= 0.3 is 0 Å². The van der Waals surface area contributed by atoms with Crippen LogP contribution >= 0.6 is 23.2 Å². The van der Waals surface area contributed by atoms with Gasteiger partial charge in [0.15, 0.2) is 0 Å². The molecule has 1 amide bonds. The lowest BCUT2D eigenvalue weighted by Crippen LogP contribution is -2.47. The van der Waals surface area contributed by atoms with Gasteiger partial charge in [0.25, 0.3) is 5.91 Å². The zero-order valence-electron chi connectivity index (χ0n) is 10.3. The fraction of sp³-hybridized carbons (Fsp3) is 0.462. The summed E-state index contributed by atoms with van der Waals surface area (Å²) in [5.41, 5.74) is 1.13. The predicted molar refractivity (Wildman–Crippen MR) is 73.1 cm³/mol. The number of carbonyl (C=O) groups is 1. The predicted octanol–water partition coefficient (Wildman–Crippen LogP) is 3.79. The van der Waals surface area contributed by atoms with E-state index in [-0.39, 0.29) is 11.4 Å². The average Bonchev–Trinajstić information content (AvgIpc) is 2.28. The van der Waals surface area contributed by atoms with Crippen LogP contribution in [0, 0.1) is 6.92 Å². The second-order valence-corrected chi connectivity index (χ2v) is 5.16. The van der Waals surface area contributed by atoms with E-state index in [9.17, 15) is 4.79 Å². The first-order valence-corrected chi connectivity index (χ1v) is 6.48. The molecule has 0 fully saturated rings. The molecule has 0 heterocycles. The molecule has 0 saturated carbocycles. The third-order valence-corrected chi connectivity index (χ3v) is 3.75. The standard InChI is InChI=1S/C13H17Cl2NO/c1-4-13(3,8-14)16-12(17)11-6-5-10(15)7-9(11)2/h5-7H,4,8H2,1-3H3,(H,16,17). The molecule has 0 radical (unpaired) electrons. The van der Waals surface area contributed by atoms with Crippen molar-refractivity contribution in [3.63, 3.8) is 0 Å². The van der Waals surface area contributed by atoms with Crippen LogP contribution < -0.4 is 5.32 Å². The van der Waals surface area contributed by atoms with Crippen LogP contribution in [0.25, 0.3) is 0 Å². The minimum atomic E-state index is -0.370. The van der Waals surface area contributed by atoms with E-state index >= 15 is 0 Å². The van der Waals surface area contributed by atoms with Gasteiger partial charge in [-0.2, -0.15) is 0 Å². The minimum Gasteiger partial charge on any atom is -0.346 e. The van der Waals surface area contributed by atoms with Gasteiger partial charge in [-0.3, -0.25) is 4.79 Å². The second-order valence-electron chi connectivity index (χ2n) is 4.46. The minimum absolute atomic E-state index is 0.107. The summed E-state index contributed by atoms with van der Waals surface area (Å²) in [4.78, 5) is 12.1. The van der Waals surface area contributed by atoms with Crippen LogP contribution in [0.5, 0.6) is 0 Å². The summed E-state index contributed by atoms with van der Waals surface area (Å²) in [6.45, 7) is 5.80. The number of rotatable bonds is 4. The first kappa shape index (κ1) is 14.3. The fourth-order valence-corrected chi connectivity index (χ4v) is 1.92. The number of halogens is 2. The number of nitrogens with one attached hydrogen (secondary N) is 1. The summed E-state index contributed by atoms with van der Waals surface area (Å²) in [5, 5.41) is 3.59. The molecule has 0 saturated heterocycles. The SMILES string of the molecule is CCC(C)(CCl)NC(=O)c1ccc(Cl)cc1C. The van der Waals surface area contributed by atoms with E-state index in [1.165, 1.54) is 0 Å². The van der Waals surface area contributed by atoms with Gasteiger partial charge in [-0.05, 0) is 44.0 Å². The highest BCUT2D eigenvalue weighted by molar-refractivity contribution is 6.30. The van der Waals surface area contributed by atoms with Gasteiger partial charge < -0.3 is 5.32 Å². The molecule has 1 aromatic rings. The monoisotopic (exact) mass is 273 g/mol. The van der Waals surface area contributed by atoms with E-state index in [0.29, 0.717) is 16.5 Å². The molecule has 0 aliphatic carbocycles. The Hall–Kier alpha value is -0.730. The highest BCUT2D eigenvalue weighted by Crippen LogP contribution is 2.17. The van der Waals surface area contributed by atoms with Crippen molar-refractivity contribution in [1.29, 1.82) is 0 Å². The molecule has 1 rings (SSSR count). The Morgan fingerprint density at radius 3 is 2.59 bits per heavy atom. The molecule has 1 atom stereocenters. The molecule has 0 bridgehead atoms. The molecule has 17 heavy (non-hydrogen) atoms. The maximum atomic E-state index is 12.1. The lowest BCUT2D eigenvalue weighted by Gasteiger charge is -2.27. The van der Waals surface area contributed by atoms with Crippen molar-refractivity contribution in [1.82, 2.24) is 5.32 Å². The van der Waals surface area contributed by atoms with E-state index in [4.69, 9.17) is 23.2 Å². The Morgan fingerprint density at radius 2 is 2.12 bits per heavy atom. The molecule has 94 valence electrons. The summed E-state index contributed by atoms with van der Waals surface area (Å²) in [7, 11) is 0. The summed E-state index contributed by atoms with van der Waals surface area (Å²) < 4.78 is 0. The molecule has 0 aliphatic heterocycles. The van der Waals surface area contributed by atoms with Gasteiger partial charge in [-0.15, -0.1) is 11.6 Å². The number of alkyl halides is 1. The van der Waals surface area contributed by atoms with Crippen LogP contribution in [-0.2, 0) is 0 Å². The van der Waals surface area contributed by atoms with E-state index in [1.54, 1.807) is 18.2 Å². The molecule has 2 nitrogen and oxygen atoms in total. The molecular weight excluding hydrogens is 257 g/mol. The first-order chi connectivity index (χ1) is 7.91. The van der Waals surface area contributed by atoms with Gasteiger partial charge in [0, 0.05) is 16.5 Å². The Bertz CT molecular complexity index is 414. The quantitative estimate of drug-likeness (QED) is 0.832. The van der Waals surface area contributed by atoms with Gasteiger partial charge in [0.1, 0.15) is 0 Å². The zero-order chi connectivity index (χ0) is 13.1. The largest absolute Gasteiger partial charge is 0.346 e. The fourth-order valence-electron chi connectivity index (χ4n) is 1.44. The Morgan fingerprint density at radius 1 is 1.47 bits per heavy atom. The Balaban J connectivity index is 2.90. The normalized spacial score (nSPS) is 14.2. The summed E-state index contributed by atoms with van der Waals surface area (Å²) >= 11 is 11.7. The van der Waals surface area contributed by atoms with Crippen molar-refractivity contribution in [3.8, 4) is 0 Å². The molecule has 1 unspecified atom stereocenters. The van der Waals surface area contributed by atoms with E-state index in [1.807, 2.05) is 20.8 Å². The topological polar surface area (TPSA) is 29.1 Å². The summed E-state index contributed by atoms with van der Waals surface area (Å²) in [6, 6.07) is 5.23. The molecule has 0 aliphatic rings. The van der Waals surface area contributed by atoms with Crippen LogP contribution in [0.3, 0.4) is 0 Å². The van der Waals surface area contributed by atoms with Crippen LogP contribution in [0.4, 0.5) is 0 Å². The summed E-state index contributed by atoms with van der Waals surface area (Å²) in [6.07, 6.45) is 0.787. The van der Waals surface area contributed by atoms with Crippen molar-refractivity contribution < 1.29 is 4.79 Å². The van der Waals surface area contributed by atoms with E-state index in [2.05, 4.69) is 5.32 Å². The lowest BCUT2D eigenvalue weighted by molar-refractivity contribution is 0.0912. The third kappa shape index (κ3) is 3.62. The van der Waals surface area contributed by atoms with Crippen LogP contribution in [0.15, 0.2) is 18.2 Å². The first-order valence-electron chi connectivity index (χ1n) is 5.56. The van der Waals surface area contributed by atoms with Crippen molar-refractivity contribution >= 4 is 29.1 Å². The van der Waals surface area contributed by atoms with Crippen molar-refractivity contribution in [2.24, 2.45) is 0 Å². The zero-order valence-corrected chi connectivity index (χ0v) is 11.8. The maximum Gasteiger partial charge on any atom is 0.252 e. The van der Waals surface area contributed by atoms with Crippen LogP contribution in [0.1, 0.15) is 36.2 Å². The van der Waals surface area contributed by atoms with Crippen molar-refractivity contribution in [3.05, 3.63) is 34.3 Å². The molecule has 1 N–H and O–H groups in total. The molecular formula is C13H17Cl2NO. The second kappa shape index (κ2) is 5.74. The number of amides is 1. The van der Waals surface area contributed by atoms with Gasteiger partial charge in [0.2, 0.25) is 0 Å². The highest BCUT2D eigenvalue weighted by Gasteiger charge is 2.24. The van der Waals surface area contributed by atoms with Gasteiger partial charge in [0.05, 0.1) is 5.54 Å². The number of hydrogen-bond donors (Lipinski definition) is 1. The van der Waals surface area contributed by atoms with Crippen molar-refractivity contribution in [2.45, 2.75) is 32.7 Å². The average molecular weight is 274 g/mol. The van der Waals surface area contributed by atoms with Crippen LogP contribution in [-0.4, -0.2) is 17.3 Å². The smallest absolute Gasteiger partial charge is 0.252 e. The van der Waals surface area contributed by atoms with E-state index < -0.39 is 0 Å². The molecule has 0 aromatic heterocycles. The molecule has 0 spiro atoms. The lowest BCUT2D eigenvalue weighted by atomic mass is 10.00. The van der Waals surface area contributed by atoms with Gasteiger partial charge in [-0.1, -0.05) is 18.5 Å². The van der Waals surface area contributed by atoms with Crippen molar-refractivity contribution in [2.75, 3.05) is 5.88 Å².